The lowest BCUT2D eigenvalue weighted by atomic mass is 9.33. The zero-order valence-electron chi connectivity index (χ0n) is 28.4. The van der Waals surface area contributed by atoms with Crippen LogP contribution in [0.15, 0.2) is 0 Å². The van der Waals surface area contributed by atoms with Gasteiger partial charge in [-0.15, -0.1) is 0 Å². The first-order valence-corrected chi connectivity index (χ1v) is 19.8. The SMILES string of the molecule is CCCCC(CCNC12CC3CC(CC(C3)C1)C2)CC(C)C1C2(N)CC3CC(C4CCCCC4)(C2)CC1(CCCC)C3. The molecule has 7 atom stereocenters. The minimum atomic E-state index is 0.122. The molecular formula is C40H70N2. The third kappa shape index (κ3) is 5.60. The van der Waals surface area contributed by atoms with E-state index in [4.69, 9.17) is 5.73 Å². The van der Waals surface area contributed by atoms with Gasteiger partial charge in [0.1, 0.15) is 0 Å². The van der Waals surface area contributed by atoms with Crippen molar-refractivity contribution in [2.24, 2.45) is 63.9 Å². The summed E-state index contributed by atoms with van der Waals surface area (Å²) in [7, 11) is 0. The maximum Gasteiger partial charge on any atom is 0.0198 e. The summed E-state index contributed by atoms with van der Waals surface area (Å²) in [5.74, 6) is 7.51. The molecule has 8 bridgehead atoms. The zero-order chi connectivity index (χ0) is 29.0. The van der Waals surface area contributed by atoms with Gasteiger partial charge in [-0.25, -0.2) is 0 Å². The second kappa shape index (κ2) is 11.9. The highest BCUT2D eigenvalue weighted by atomic mass is 15.0. The fraction of sp³-hybridized carbons (Fsp3) is 1.00. The molecule has 0 aliphatic heterocycles. The van der Waals surface area contributed by atoms with Gasteiger partial charge in [-0.05, 0) is 167 Å². The van der Waals surface area contributed by atoms with Gasteiger partial charge in [-0.1, -0.05) is 72.1 Å². The van der Waals surface area contributed by atoms with Gasteiger partial charge < -0.3 is 11.1 Å². The standard InChI is InChI=1S/C40H70N2/c1-4-6-11-30(14-16-42-39-23-31-18-32(24-39)20-33(19-31)25-39)17-29(3)36-37(15-7-5-2)21-34-22-38(27-37,28-40(36,41)26-34)35-12-9-8-10-13-35/h29-36,42H,4-28,41H2,1-3H3. The van der Waals surface area contributed by atoms with E-state index in [1.54, 1.807) is 32.1 Å². The molecule has 0 spiro atoms. The molecule has 9 saturated carbocycles. The monoisotopic (exact) mass is 579 g/mol. The van der Waals surface area contributed by atoms with Gasteiger partial charge >= 0.3 is 0 Å². The van der Waals surface area contributed by atoms with Crippen LogP contribution in [0.4, 0.5) is 0 Å². The van der Waals surface area contributed by atoms with E-state index in [9.17, 15) is 0 Å². The summed E-state index contributed by atoms with van der Waals surface area (Å²) >= 11 is 0. The van der Waals surface area contributed by atoms with Gasteiger partial charge in [0.2, 0.25) is 0 Å². The summed E-state index contributed by atoms with van der Waals surface area (Å²) < 4.78 is 0. The van der Waals surface area contributed by atoms with Crippen LogP contribution in [-0.2, 0) is 0 Å². The summed E-state index contributed by atoms with van der Waals surface area (Å²) in [5.41, 5.74) is 9.64. The predicted molar refractivity (Wildman–Crippen MR) is 178 cm³/mol. The van der Waals surface area contributed by atoms with Crippen molar-refractivity contribution in [2.75, 3.05) is 6.54 Å². The Morgan fingerprint density at radius 3 is 2.12 bits per heavy atom. The molecule has 2 heteroatoms. The molecule has 240 valence electrons. The van der Waals surface area contributed by atoms with Crippen molar-refractivity contribution in [3.8, 4) is 0 Å². The second-order valence-electron chi connectivity index (χ2n) is 18.8. The third-order valence-corrected chi connectivity index (χ3v) is 15.6. The van der Waals surface area contributed by atoms with Crippen LogP contribution in [-0.4, -0.2) is 17.6 Å². The number of hydrogen-bond acceptors (Lipinski definition) is 2. The predicted octanol–water partition coefficient (Wildman–Crippen LogP) is 10.4. The van der Waals surface area contributed by atoms with Gasteiger partial charge in [0, 0.05) is 11.1 Å². The molecule has 9 aliphatic carbocycles. The van der Waals surface area contributed by atoms with Crippen molar-refractivity contribution in [2.45, 2.75) is 186 Å². The summed E-state index contributed by atoms with van der Waals surface area (Å²) in [4.78, 5) is 0. The molecule has 2 nitrogen and oxygen atoms in total. The van der Waals surface area contributed by atoms with Crippen LogP contribution in [0.25, 0.3) is 0 Å². The third-order valence-electron chi connectivity index (χ3n) is 15.6. The van der Waals surface area contributed by atoms with Gasteiger partial charge in [-0.3, -0.25) is 0 Å². The zero-order valence-corrected chi connectivity index (χ0v) is 28.4. The average molecular weight is 579 g/mol. The molecule has 0 aromatic heterocycles. The van der Waals surface area contributed by atoms with E-state index in [-0.39, 0.29) is 5.54 Å². The van der Waals surface area contributed by atoms with Crippen molar-refractivity contribution < 1.29 is 0 Å². The van der Waals surface area contributed by atoms with E-state index in [1.807, 2.05) is 0 Å². The van der Waals surface area contributed by atoms with Crippen LogP contribution < -0.4 is 11.1 Å². The highest BCUT2D eigenvalue weighted by Gasteiger charge is 2.68. The van der Waals surface area contributed by atoms with Crippen LogP contribution in [0.1, 0.15) is 175 Å². The Morgan fingerprint density at radius 2 is 1.45 bits per heavy atom. The number of rotatable bonds is 14. The molecule has 0 amide bonds. The van der Waals surface area contributed by atoms with Crippen molar-refractivity contribution in [3.63, 3.8) is 0 Å². The fourth-order valence-corrected chi connectivity index (χ4v) is 15.3. The Labute approximate surface area is 261 Å². The minimum Gasteiger partial charge on any atom is -0.325 e. The van der Waals surface area contributed by atoms with Gasteiger partial charge in [0.25, 0.3) is 0 Å². The van der Waals surface area contributed by atoms with E-state index in [1.165, 1.54) is 129 Å². The number of nitrogens with one attached hydrogen (secondary N) is 1. The lowest BCUT2D eigenvalue weighted by Crippen LogP contribution is -2.72. The Hall–Kier alpha value is -0.0800. The van der Waals surface area contributed by atoms with E-state index in [2.05, 4.69) is 26.1 Å². The first-order chi connectivity index (χ1) is 20.3. The van der Waals surface area contributed by atoms with E-state index >= 15 is 0 Å². The van der Waals surface area contributed by atoms with Crippen LogP contribution in [0.2, 0.25) is 0 Å². The smallest absolute Gasteiger partial charge is 0.0198 e. The van der Waals surface area contributed by atoms with Crippen molar-refractivity contribution >= 4 is 0 Å². The second-order valence-corrected chi connectivity index (χ2v) is 18.8. The minimum absolute atomic E-state index is 0.122. The Balaban J connectivity index is 1.06. The highest BCUT2D eigenvalue weighted by Crippen LogP contribution is 2.74. The summed E-state index contributed by atoms with van der Waals surface area (Å²) in [6.45, 7) is 8.82. The molecule has 0 heterocycles. The average Bonchev–Trinajstić information content (AvgIpc) is 2.93. The Kier molecular flexibility index (Phi) is 8.69. The maximum absolute atomic E-state index is 7.85. The Bertz CT molecular complexity index is 885. The van der Waals surface area contributed by atoms with Crippen molar-refractivity contribution in [1.29, 1.82) is 0 Å². The number of hydrogen-bond donors (Lipinski definition) is 2. The summed E-state index contributed by atoms with van der Waals surface area (Å²) in [6, 6.07) is 0. The molecule has 9 fully saturated rings. The molecule has 7 unspecified atom stereocenters. The van der Waals surface area contributed by atoms with E-state index < -0.39 is 0 Å². The van der Waals surface area contributed by atoms with Crippen LogP contribution in [0.3, 0.4) is 0 Å². The molecule has 42 heavy (non-hydrogen) atoms. The normalized spacial score (nSPS) is 47.3. The fourth-order valence-electron chi connectivity index (χ4n) is 15.3. The quantitative estimate of drug-likeness (QED) is 0.215. The summed E-state index contributed by atoms with van der Waals surface area (Å²) in [5, 5.41) is 4.30. The Morgan fingerprint density at radius 1 is 0.762 bits per heavy atom. The molecule has 0 radical (unpaired) electrons. The van der Waals surface area contributed by atoms with Crippen LogP contribution in [0, 0.1) is 58.2 Å². The van der Waals surface area contributed by atoms with E-state index in [0.29, 0.717) is 16.4 Å². The molecule has 9 aliphatic rings. The number of unbranched alkanes of at least 4 members (excludes halogenated alkanes) is 2. The molecule has 0 aromatic rings. The van der Waals surface area contributed by atoms with Gasteiger partial charge in [0.15, 0.2) is 0 Å². The van der Waals surface area contributed by atoms with Crippen molar-refractivity contribution in [1.82, 2.24) is 5.32 Å². The van der Waals surface area contributed by atoms with Crippen LogP contribution in [0.5, 0.6) is 0 Å². The highest BCUT2D eigenvalue weighted by molar-refractivity contribution is 5.21. The molecule has 0 saturated heterocycles. The first-order valence-electron chi connectivity index (χ1n) is 19.8. The topological polar surface area (TPSA) is 38.0 Å². The molecular weight excluding hydrogens is 508 g/mol. The van der Waals surface area contributed by atoms with Gasteiger partial charge in [0.05, 0.1) is 0 Å². The number of nitrogens with two attached hydrogens (primary N) is 1. The lowest BCUT2D eigenvalue weighted by Gasteiger charge is -2.73. The molecule has 3 N–H and O–H groups in total. The maximum atomic E-state index is 7.85. The van der Waals surface area contributed by atoms with Crippen LogP contribution >= 0.6 is 0 Å². The lowest BCUT2D eigenvalue weighted by molar-refractivity contribution is -0.207. The molecule has 9 rings (SSSR count). The van der Waals surface area contributed by atoms with E-state index in [0.717, 1.165) is 47.3 Å². The first kappa shape index (κ1) is 30.6. The van der Waals surface area contributed by atoms with Crippen molar-refractivity contribution in [3.05, 3.63) is 0 Å². The van der Waals surface area contributed by atoms with Gasteiger partial charge in [-0.2, -0.15) is 0 Å². The molecule has 0 aromatic carbocycles. The largest absolute Gasteiger partial charge is 0.325 e. The summed E-state index contributed by atoms with van der Waals surface area (Å²) in [6.07, 6.45) is 35.4.